The molecule has 0 spiro atoms. The highest BCUT2D eigenvalue weighted by molar-refractivity contribution is 6.32. The highest BCUT2D eigenvalue weighted by atomic mass is 35.5. The van der Waals surface area contributed by atoms with Gasteiger partial charge in [0.15, 0.2) is 0 Å². The Morgan fingerprint density at radius 3 is 2.68 bits per heavy atom. The topological polar surface area (TPSA) is 84.5 Å². The molecule has 0 aliphatic carbocycles. The molecule has 116 valence electrons. The third-order valence-corrected chi connectivity index (χ3v) is 3.68. The van der Waals surface area contributed by atoms with Gasteiger partial charge >= 0.3 is 0 Å². The van der Waals surface area contributed by atoms with Crippen molar-refractivity contribution in [2.75, 3.05) is 36.9 Å². The molecule has 1 fully saturated rings. The number of benzene rings is 1. The van der Waals surface area contributed by atoms with E-state index in [0.717, 1.165) is 6.07 Å². The summed E-state index contributed by atoms with van der Waals surface area (Å²) in [4.78, 5) is 10.2. The normalized spacial score (nSPS) is 15.1. The number of aromatic nitrogens is 2. The number of nitrogen functional groups attached to an aromatic ring is 1. The van der Waals surface area contributed by atoms with Crippen LogP contribution in [-0.2, 0) is 4.74 Å². The minimum absolute atomic E-state index is 0.0431. The molecule has 6 nitrogen and oxygen atoms in total. The first-order valence-electron chi connectivity index (χ1n) is 6.70. The quantitative estimate of drug-likeness (QED) is 0.879. The zero-order valence-electron chi connectivity index (χ0n) is 11.6. The summed E-state index contributed by atoms with van der Waals surface area (Å²) in [7, 11) is 0. The number of ether oxygens (including phenoxy) is 1. The molecule has 1 aromatic heterocycles. The third-order valence-electron chi connectivity index (χ3n) is 3.38. The van der Waals surface area contributed by atoms with Crippen LogP contribution in [-0.4, -0.2) is 41.4 Å². The second-order valence-electron chi connectivity index (χ2n) is 4.85. The van der Waals surface area contributed by atoms with Gasteiger partial charge < -0.3 is 20.5 Å². The Labute approximate surface area is 131 Å². The number of halogens is 2. The Kier molecular flexibility index (Phi) is 4.00. The number of rotatable bonds is 2. The molecule has 1 aliphatic rings. The van der Waals surface area contributed by atoms with Crippen molar-refractivity contribution in [3.05, 3.63) is 29.0 Å². The zero-order valence-corrected chi connectivity index (χ0v) is 12.3. The van der Waals surface area contributed by atoms with Crippen LogP contribution in [0.3, 0.4) is 0 Å². The lowest BCUT2D eigenvalue weighted by molar-refractivity contribution is 0.122. The van der Waals surface area contributed by atoms with Crippen molar-refractivity contribution in [1.82, 2.24) is 9.97 Å². The van der Waals surface area contributed by atoms with Crippen LogP contribution in [0.15, 0.2) is 18.2 Å². The van der Waals surface area contributed by atoms with Crippen molar-refractivity contribution in [1.29, 1.82) is 0 Å². The SMILES string of the molecule is Nc1nc(-c2cc(Cl)c(O)cc2F)cc(N2CCOCC2)n1. The number of aromatic hydroxyl groups is 1. The van der Waals surface area contributed by atoms with Crippen LogP contribution in [0.2, 0.25) is 5.02 Å². The summed E-state index contributed by atoms with van der Waals surface area (Å²) in [5.74, 6) is -0.303. The van der Waals surface area contributed by atoms with Crippen LogP contribution in [0.25, 0.3) is 11.3 Å². The molecule has 1 aliphatic heterocycles. The molecule has 0 radical (unpaired) electrons. The molecule has 2 aromatic rings. The molecule has 1 aromatic carbocycles. The van der Waals surface area contributed by atoms with E-state index in [0.29, 0.717) is 37.8 Å². The molecular weight excluding hydrogens is 311 g/mol. The maximum Gasteiger partial charge on any atom is 0.222 e. The molecule has 0 atom stereocenters. The number of nitrogens with two attached hydrogens (primary N) is 1. The molecule has 0 unspecified atom stereocenters. The van der Waals surface area contributed by atoms with Crippen molar-refractivity contribution in [3.8, 4) is 17.0 Å². The smallest absolute Gasteiger partial charge is 0.222 e. The van der Waals surface area contributed by atoms with Crippen molar-refractivity contribution in [3.63, 3.8) is 0 Å². The second-order valence-corrected chi connectivity index (χ2v) is 5.26. The Morgan fingerprint density at radius 1 is 1.23 bits per heavy atom. The zero-order chi connectivity index (χ0) is 15.7. The van der Waals surface area contributed by atoms with Gasteiger partial charge in [-0.1, -0.05) is 11.6 Å². The summed E-state index contributed by atoms with van der Waals surface area (Å²) in [5.41, 5.74) is 6.21. The van der Waals surface area contributed by atoms with E-state index in [2.05, 4.69) is 9.97 Å². The molecule has 3 rings (SSSR count). The highest BCUT2D eigenvalue weighted by Crippen LogP contribution is 2.32. The van der Waals surface area contributed by atoms with Crippen molar-refractivity contribution >= 4 is 23.4 Å². The van der Waals surface area contributed by atoms with Gasteiger partial charge in [0.1, 0.15) is 17.4 Å². The first-order chi connectivity index (χ1) is 10.5. The number of phenols is 1. The molecule has 0 saturated carbocycles. The van der Waals surface area contributed by atoms with E-state index in [-0.39, 0.29) is 22.3 Å². The number of phenolic OH excluding ortho intramolecular Hbond substituents is 1. The molecular formula is C14H14ClFN4O2. The maximum atomic E-state index is 14.1. The monoisotopic (exact) mass is 324 g/mol. The molecule has 0 bridgehead atoms. The lowest BCUT2D eigenvalue weighted by atomic mass is 10.1. The summed E-state index contributed by atoms with van der Waals surface area (Å²) in [6.07, 6.45) is 0. The van der Waals surface area contributed by atoms with E-state index >= 15 is 0 Å². The van der Waals surface area contributed by atoms with E-state index in [1.165, 1.54) is 6.07 Å². The number of morpholine rings is 1. The van der Waals surface area contributed by atoms with Crippen molar-refractivity contribution in [2.45, 2.75) is 0 Å². The van der Waals surface area contributed by atoms with E-state index in [1.807, 2.05) is 4.90 Å². The van der Waals surface area contributed by atoms with Gasteiger partial charge in [-0.05, 0) is 6.07 Å². The van der Waals surface area contributed by atoms with Crippen LogP contribution in [0, 0.1) is 5.82 Å². The average molecular weight is 325 g/mol. The number of hydrogen-bond donors (Lipinski definition) is 2. The van der Waals surface area contributed by atoms with Gasteiger partial charge in [0.05, 0.1) is 23.9 Å². The summed E-state index contributed by atoms with van der Waals surface area (Å²) in [6, 6.07) is 3.91. The molecule has 22 heavy (non-hydrogen) atoms. The first-order valence-corrected chi connectivity index (χ1v) is 7.08. The van der Waals surface area contributed by atoms with Gasteiger partial charge in [0.2, 0.25) is 5.95 Å². The predicted molar refractivity (Wildman–Crippen MR) is 81.5 cm³/mol. The maximum absolute atomic E-state index is 14.1. The molecule has 3 N–H and O–H groups in total. The highest BCUT2D eigenvalue weighted by Gasteiger charge is 2.17. The van der Waals surface area contributed by atoms with Crippen LogP contribution >= 0.6 is 11.6 Å². The van der Waals surface area contributed by atoms with E-state index in [4.69, 9.17) is 22.1 Å². The third kappa shape index (κ3) is 2.90. The van der Waals surface area contributed by atoms with Gasteiger partial charge in [-0.15, -0.1) is 0 Å². The van der Waals surface area contributed by atoms with Crippen molar-refractivity contribution in [2.24, 2.45) is 0 Å². The van der Waals surface area contributed by atoms with Gasteiger partial charge in [0.25, 0.3) is 0 Å². The van der Waals surface area contributed by atoms with Gasteiger partial charge in [0, 0.05) is 30.8 Å². The Bertz CT molecular complexity index is 707. The van der Waals surface area contributed by atoms with Crippen LogP contribution in [0.5, 0.6) is 5.75 Å². The lowest BCUT2D eigenvalue weighted by Gasteiger charge is -2.28. The molecule has 2 heterocycles. The summed E-state index contributed by atoms with van der Waals surface area (Å²) in [5, 5.41) is 9.48. The average Bonchev–Trinajstić information content (AvgIpc) is 2.51. The minimum atomic E-state index is -0.632. The summed E-state index contributed by atoms with van der Waals surface area (Å²) < 4.78 is 19.4. The minimum Gasteiger partial charge on any atom is -0.506 e. The standard InChI is InChI=1S/C14H14ClFN4O2/c15-9-5-8(10(16)6-12(9)21)11-7-13(19-14(17)18-11)20-1-3-22-4-2-20/h5-7,21H,1-4H2,(H2,17,18,19). The van der Waals surface area contributed by atoms with Crippen LogP contribution < -0.4 is 10.6 Å². The number of anilines is 2. The summed E-state index contributed by atoms with van der Waals surface area (Å²) >= 11 is 5.85. The molecule has 0 amide bonds. The summed E-state index contributed by atoms with van der Waals surface area (Å²) in [6.45, 7) is 2.54. The van der Waals surface area contributed by atoms with Gasteiger partial charge in [-0.3, -0.25) is 0 Å². The molecule has 8 heteroatoms. The Balaban J connectivity index is 2.04. The number of nitrogens with zero attached hydrogens (tertiary/aromatic N) is 3. The predicted octanol–water partition coefficient (Wildman–Crippen LogP) is 2.06. The second kappa shape index (κ2) is 5.94. The van der Waals surface area contributed by atoms with Crippen LogP contribution in [0.4, 0.5) is 16.2 Å². The fraction of sp³-hybridized carbons (Fsp3) is 0.286. The van der Waals surface area contributed by atoms with E-state index < -0.39 is 5.82 Å². The van der Waals surface area contributed by atoms with Gasteiger partial charge in [-0.25, -0.2) is 9.37 Å². The number of hydrogen-bond acceptors (Lipinski definition) is 6. The Hall–Kier alpha value is -2.12. The largest absolute Gasteiger partial charge is 0.506 e. The lowest BCUT2D eigenvalue weighted by Crippen LogP contribution is -2.36. The molecule has 1 saturated heterocycles. The fourth-order valence-electron chi connectivity index (χ4n) is 2.28. The van der Waals surface area contributed by atoms with E-state index in [1.54, 1.807) is 6.07 Å². The van der Waals surface area contributed by atoms with Gasteiger partial charge in [-0.2, -0.15) is 4.98 Å². The fourth-order valence-corrected chi connectivity index (χ4v) is 2.44. The Morgan fingerprint density at radius 2 is 1.95 bits per heavy atom. The van der Waals surface area contributed by atoms with E-state index in [9.17, 15) is 9.50 Å². The first kappa shape index (κ1) is 14.8. The van der Waals surface area contributed by atoms with Crippen LogP contribution in [0.1, 0.15) is 0 Å². The van der Waals surface area contributed by atoms with Crippen molar-refractivity contribution < 1.29 is 14.2 Å².